The number of rotatable bonds is 3. The summed E-state index contributed by atoms with van der Waals surface area (Å²) in [7, 11) is 0. The number of amides is 2. The Morgan fingerprint density at radius 2 is 2.14 bits per heavy atom. The first-order valence-corrected chi connectivity index (χ1v) is 8.92. The van der Waals surface area contributed by atoms with Gasteiger partial charge >= 0.3 is 12.0 Å². The maximum absolute atomic E-state index is 12.6. The summed E-state index contributed by atoms with van der Waals surface area (Å²) in [5, 5.41) is 12.2. The van der Waals surface area contributed by atoms with Crippen LogP contribution in [0.3, 0.4) is 0 Å². The third kappa shape index (κ3) is 4.28. The number of nitrogens with zero attached hydrogens (tertiary/aromatic N) is 1. The summed E-state index contributed by atoms with van der Waals surface area (Å²) >= 11 is 1.73. The van der Waals surface area contributed by atoms with Crippen LogP contribution in [0, 0.1) is 5.41 Å². The molecule has 2 rings (SSSR count). The van der Waals surface area contributed by atoms with Gasteiger partial charge in [-0.1, -0.05) is 26.7 Å². The molecule has 2 amide bonds. The number of carboxylic acid groups (broad SMARTS) is 1. The molecule has 5 nitrogen and oxygen atoms in total. The fraction of sp³-hybridized carbons (Fsp3) is 0.867. The zero-order chi connectivity index (χ0) is 15.5. The van der Waals surface area contributed by atoms with Gasteiger partial charge in [-0.2, -0.15) is 11.8 Å². The lowest BCUT2D eigenvalue weighted by atomic mass is 9.73. The Hall–Kier alpha value is -0.910. The van der Waals surface area contributed by atoms with Crippen LogP contribution in [-0.2, 0) is 4.79 Å². The Morgan fingerprint density at radius 1 is 1.38 bits per heavy atom. The highest BCUT2D eigenvalue weighted by Gasteiger charge is 2.36. The van der Waals surface area contributed by atoms with E-state index in [1.54, 1.807) is 16.7 Å². The fourth-order valence-corrected chi connectivity index (χ4v) is 4.35. The third-order valence-electron chi connectivity index (χ3n) is 4.70. The minimum Gasteiger partial charge on any atom is -0.481 e. The molecule has 2 aliphatic rings. The SMILES string of the molecule is CC1(C)CCCCC1NC(=O)N1CCSCC1CC(=O)O. The van der Waals surface area contributed by atoms with E-state index in [-0.39, 0.29) is 30.0 Å². The second kappa shape index (κ2) is 6.90. The number of urea groups is 1. The number of carbonyl (C=O) groups excluding carboxylic acids is 1. The van der Waals surface area contributed by atoms with Gasteiger partial charge in [-0.25, -0.2) is 4.79 Å². The van der Waals surface area contributed by atoms with Gasteiger partial charge in [-0.15, -0.1) is 0 Å². The summed E-state index contributed by atoms with van der Waals surface area (Å²) in [6.45, 7) is 5.05. The van der Waals surface area contributed by atoms with Crippen LogP contribution in [-0.4, -0.2) is 52.1 Å². The number of carboxylic acids is 1. The second-order valence-electron chi connectivity index (χ2n) is 6.76. The van der Waals surface area contributed by atoms with Crippen LogP contribution in [0.4, 0.5) is 4.79 Å². The van der Waals surface area contributed by atoms with Crippen LogP contribution in [0.1, 0.15) is 46.0 Å². The summed E-state index contributed by atoms with van der Waals surface area (Å²) in [4.78, 5) is 25.3. The van der Waals surface area contributed by atoms with E-state index in [0.717, 1.165) is 25.0 Å². The first kappa shape index (κ1) is 16.5. The summed E-state index contributed by atoms with van der Waals surface area (Å²) in [6, 6.07) is -0.0757. The largest absolute Gasteiger partial charge is 0.481 e. The Kier molecular flexibility index (Phi) is 5.41. The van der Waals surface area contributed by atoms with Gasteiger partial charge in [0.05, 0.1) is 12.5 Å². The van der Waals surface area contributed by atoms with Crippen LogP contribution in [0.2, 0.25) is 0 Å². The number of thioether (sulfide) groups is 1. The molecule has 0 aromatic heterocycles. The fourth-order valence-electron chi connectivity index (χ4n) is 3.29. The summed E-state index contributed by atoms with van der Waals surface area (Å²) in [6.07, 6.45) is 4.57. The van der Waals surface area contributed by atoms with Gasteiger partial charge in [0.1, 0.15) is 0 Å². The van der Waals surface area contributed by atoms with Crippen molar-refractivity contribution in [2.75, 3.05) is 18.1 Å². The highest BCUT2D eigenvalue weighted by molar-refractivity contribution is 7.99. The standard InChI is InChI=1S/C15H26N2O3S/c1-15(2)6-4-3-5-12(15)16-14(20)17-7-8-21-10-11(17)9-13(18)19/h11-12H,3-10H2,1-2H3,(H,16,20)(H,18,19). The van der Waals surface area contributed by atoms with Crippen molar-refractivity contribution >= 4 is 23.8 Å². The average molecular weight is 314 g/mol. The predicted octanol–water partition coefficient (Wildman–Crippen LogP) is 2.56. The summed E-state index contributed by atoms with van der Waals surface area (Å²) < 4.78 is 0. The number of hydrogen-bond donors (Lipinski definition) is 2. The molecule has 2 unspecified atom stereocenters. The quantitative estimate of drug-likeness (QED) is 0.840. The lowest BCUT2D eigenvalue weighted by Gasteiger charge is -2.42. The maximum atomic E-state index is 12.6. The van der Waals surface area contributed by atoms with E-state index in [9.17, 15) is 9.59 Å². The molecule has 2 fully saturated rings. The van der Waals surface area contributed by atoms with Gasteiger partial charge in [0.25, 0.3) is 0 Å². The van der Waals surface area contributed by atoms with Crippen molar-refractivity contribution in [2.45, 2.75) is 58.0 Å². The third-order valence-corrected chi connectivity index (χ3v) is 5.80. The molecule has 120 valence electrons. The van der Waals surface area contributed by atoms with Gasteiger partial charge < -0.3 is 15.3 Å². The number of aliphatic carboxylic acids is 1. The van der Waals surface area contributed by atoms with E-state index in [0.29, 0.717) is 12.3 Å². The van der Waals surface area contributed by atoms with E-state index in [1.807, 2.05) is 0 Å². The lowest BCUT2D eigenvalue weighted by Crippen LogP contribution is -2.56. The topological polar surface area (TPSA) is 69.6 Å². The Balaban J connectivity index is 1.98. The van der Waals surface area contributed by atoms with Crippen molar-refractivity contribution in [2.24, 2.45) is 5.41 Å². The number of hydrogen-bond acceptors (Lipinski definition) is 3. The van der Waals surface area contributed by atoms with Crippen molar-refractivity contribution in [1.29, 1.82) is 0 Å². The normalized spacial score (nSPS) is 29.0. The van der Waals surface area contributed by atoms with Crippen molar-refractivity contribution in [1.82, 2.24) is 10.2 Å². The van der Waals surface area contributed by atoms with E-state index in [4.69, 9.17) is 5.11 Å². The van der Waals surface area contributed by atoms with E-state index < -0.39 is 5.97 Å². The molecule has 21 heavy (non-hydrogen) atoms. The Labute approximate surface area is 130 Å². The molecule has 0 spiro atoms. The predicted molar refractivity (Wildman–Crippen MR) is 84.6 cm³/mol. The average Bonchev–Trinajstić information content (AvgIpc) is 2.41. The van der Waals surface area contributed by atoms with Crippen LogP contribution in [0.5, 0.6) is 0 Å². The molecule has 0 radical (unpaired) electrons. The van der Waals surface area contributed by atoms with Gasteiger partial charge in [-0.05, 0) is 18.3 Å². The first-order valence-electron chi connectivity index (χ1n) is 7.77. The van der Waals surface area contributed by atoms with Crippen LogP contribution < -0.4 is 5.32 Å². The monoisotopic (exact) mass is 314 g/mol. The van der Waals surface area contributed by atoms with E-state index >= 15 is 0 Å². The minimum absolute atomic E-state index is 0.0362. The highest BCUT2D eigenvalue weighted by atomic mass is 32.2. The summed E-state index contributed by atoms with van der Waals surface area (Å²) in [5.74, 6) is 0.768. The van der Waals surface area contributed by atoms with Crippen molar-refractivity contribution in [3.8, 4) is 0 Å². The Morgan fingerprint density at radius 3 is 2.81 bits per heavy atom. The molecule has 0 bridgehead atoms. The molecular formula is C15H26N2O3S. The number of nitrogens with one attached hydrogen (secondary N) is 1. The molecule has 1 aliphatic heterocycles. The molecule has 0 aromatic carbocycles. The van der Waals surface area contributed by atoms with Crippen molar-refractivity contribution in [3.63, 3.8) is 0 Å². The van der Waals surface area contributed by atoms with Gasteiger partial charge in [0, 0.05) is 24.1 Å². The molecule has 2 atom stereocenters. The smallest absolute Gasteiger partial charge is 0.317 e. The number of carbonyl (C=O) groups is 2. The molecule has 1 aliphatic carbocycles. The zero-order valence-electron chi connectivity index (χ0n) is 12.9. The molecule has 0 aromatic rings. The van der Waals surface area contributed by atoms with Crippen molar-refractivity contribution in [3.05, 3.63) is 0 Å². The van der Waals surface area contributed by atoms with Gasteiger partial charge in [0.15, 0.2) is 0 Å². The van der Waals surface area contributed by atoms with Crippen molar-refractivity contribution < 1.29 is 14.7 Å². The molecule has 1 saturated heterocycles. The molecule has 2 N–H and O–H groups in total. The molecular weight excluding hydrogens is 288 g/mol. The van der Waals surface area contributed by atoms with Crippen LogP contribution >= 0.6 is 11.8 Å². The molecule has 1 saturated carbocycles. The van der Waals surface area contributed by atoms with Crippen LogP contribution in [0.25, 0.3) is 0 Å². The highest BCUT2D eigenvalue weighted by Crippen LogP contribution is 2.35. The lowest BCUT2D eigenvalue weighted by molar-refractivity contribution is -0.138. The van der Waals surface area contributed by atoms with Crippen LogP contribution in [0.15, 0.2) is 0 Å². The molecule has 6 heteroatoms. The van der Waals surface area contributed by atoms with Gasteiger partial charge in [0.2, 0.25) is 0 Å². The zero-order valence-corrected chi connectivity index (χ0v) is 13.7. The minimum atomic E-state index is -0.835. The van der Waals surface area contributed by atoms with Gasteiger partial charge in [-0.3, -0.25) is 4.79 Å². The second-order valence-corrected chi connectivity index (χ2v) is 7.91. The Bertz CT molecular complexity index is 400. The molecule has 1 heterocycles. The van der Waals surface area contributed by atoms with E-state index in [2.05, 4.69) is 19.2 Å². The first-order chi connectivity index (χ1) is 9.90. The summed E-state index contributed by atoms with van der Waals surface area (Å²) in [5.41, 5.74) is 0.126. The van der Waals surface area contributed by atoms with E-state index in [1.165, 1.54) is 6.42 Å². The maximum Gasteiger partial charge on any atom is 0.317 e.